The maximum absolute atomic E-state index is 13.9. The molecule has 10 heteroatoms. The minimum absolute atomic E-state index is 0.00400. The number of rotatable bonds is 7. The van der Waals surface area contributed by atoms with Crippen LogP contribution in [-0.2, 0) is 4.79 Å². The number of anilines is 1. The van der Waals surface area contributed by atoms with Crippen LogP contribution in [-0.4, -0.2) is 29.3 Å². The molecule has 1 saturated carbocycles. The molecular weight excluding hydrogens is 512 g/mol. The van der Waals surface area contributed by atoms with E-state index in [2.05, 4.69) is 9.69 Å². The van der Waals surface area contributed by atoms with Crippen LogP contribution in [0, 0.1) is 5.82 Å². The lowest BCUT2D eigenvalue weighted by Gasteiger charge is -2.33. The maximum Gasteiger partial charge on any atom is 0.280 e. The van der Waals surface area contributed by atoms with Crippen molar-refractivity contribution in [1.29, 1.82) is 0 Å². The van der Waals surface area contributed by atoms with Crippen LogP contribution < -0.4 is 15.0 Å². The predicted molar refractivity (Wildman–Crippen MR) is 136 cm³/mol. The van der Waals surface area contributed by atoms with Gasteiger partial charge in [-0.05, 0) is 66.3 Å². The minimum atomic E-state index is -1.10. The van der Waals surface area contributed by atoms with E-state index in [1.54, 1.807) is 24.3 Å². The summed E-state index contributed by atoms with van der Waals surface area (Å²) in [6.45, 7) is 0. The first-order chi connectivity index (χ1) is 16.9. The summed E-state index contributed by atoms with van der Waals surface area (Å²) >= 11 is 13.3. The molecule has 0 saturated heterocycles. The van der Waals surface area contributed by atoms with Gasteiger partial charge in [-0.25, -0.2) is 4.39 Å². The van der Waals surface area contributed by atoms with Crippen molar-refractivity contribution >= 4 is 52.2 Å². The molecule has 1 aliphatic carbocycles. The van der Waals surface area contributed by atoms with Crippen LogP contribution in [0.5, 0.6) is 5.75 Å². The number of nitrogens with one attached hydrogen (secondary N) is 1. The Kier molecular flexibility index (Phi) is 8.26. The second-order valence-electron chi connectivity index (χ2n) is 8.29. The van der Waals surface area contributed by atoms with Crippen LogP contribution in [0.3, 0.4) is 0 Å². The number of benzene rings is 2. The fraction of sp³-hybridized carbons (Fsp3) is 0.320. The van der Waals surface area contributed by atoms with Crippen LogP contribution in [0.1, 0.15) is 54.2 Å². The zero-order valence-electron chi connectivity index (χ0n) is 19.0. The number of halogens is 3. The lowest BCUT2D eigenvalue weighted by Crippen LogP contribution is -2.47. The normalized spacial score (nSPS) is 14.9. The molecule has 1 fully saturated rings. The van der Waals surface area contributed by atoms with E-state index >= 15 is 0 Å². The van der Waals surface area contributed by atoms with Gasteiger partial charge in [0.15, 0.2) is 5.69 Å². The van der Waals surface area contributed by atoms with Crippen LogP contribution in [0.4, 0.5) is 10.1 Å². The summed E-state index contributed by atoms with van der Waals surface area (Å²) in [6.07, 6.45) is 4.92. The highest BCUT2D eigenvalue weighted by Gasteiger charge is 2.36. The Balaban J connectivity index is 1.81. The quantitative estimate of drug-likeness (QED) is 0.378. The van der Waals surface area contributed by atoms with Gasteiger partial charge in [0, 0.05) is 11.7 Å². The molecule has 4 rings (SSSR count). The molecule has 0 aliphatic heterocycles. The summed E-state index contributed by atoms with van der Waals surface area (Å²) in [5.41, 5.74) is 0.806. The second-order valence-corrected chi connectivity index (χ2v) is 10.0. The van der Waals surface area contributed by atoms with Crippen molar-refractivity contribution in [1.82, 2.24) is 9.69 Å². The highest BCUT2D eigenvalue weighted by molar-refractivity contribution is 7.11. The van der Waals surface area contributed by atoms with E-state index in [1.807, 2.05) is 0 Å². The van der Waals surface area contributed by atoms with Gasteiger partial charge >= 0.3 is 0 Å². The molecule has 35 heavy (non-hydrogen) atoms. The van der Waals surface area contributed by atoms with E-state index in [9.17, 15) is 14.0 Å². The number of nitrogens with zero attached hydrogens (tertiary/aromatic N) is 2. The summed E-state index contributed by atoms with van der Waals surface area (Å²) < 4.78 is 23.3. The third kappa shape index (κ3) is 5.77. The van der Waals surface area contributed by atoms with Crippen molar-refractivity contribution in [2.45, 2.75) is 44.2 Å². The van der Waals surface area contributed by atoms with Gasteiger partial charge in [-0.1, -0.05) is 54.6 Å². The Bertz CT molecular complexity index is 1180. The number of carbonyl (C=O) groups excluding carboxylic acids is 2. The lowest BCUT2D eigenvalue weighted by atomic mass is 9.94. The second kappa shape index (κ2) is 11.4. The van der Waals surface area contributed by atoms with Gasteiger partial charge in [-0.2, -0.15) is 4.37 Å². The zero-order valence-corrected chi connectivity index (χ0v) is 21.3. The first-order valence-electron chi connectivity index (χ1n) is 11.2. The molecule has 1 N–H and O–H groups in total. The molecule has 0 spiro atoms. The van der Waals surface area contributed by atoms with Gasteiger partial charge in [0.05, 0.1) is 7.11 Å². The third-order valence-corrected chi connectivity index (χ3v) is 7.62. The van der Waals surface area contributed by atoms with Crippen molar-refractivity contribution in [3.63, 3.8) is 0 Å². The number of ether oxygens (including phenoxy) is 1. The van der Waals surface area contributed by atoms with Crippen molar-refractivity contribution in [2.75, 3.05) is 12.0 Å². The standard InChI is InChI=1S/C25H24Cl2FN3O3S/c1-34-19-13-11-18(12-14-19)31(25(33)21-20(26)23(27)35-30-21)22(15-7-9-16(28)10-8-15)24(32)29-17-5-3-2-4-6-17/h7-14,17,22H,2-6H2,1H3,(H,29,32). The average Bonchev–Trinajstić information content (AvgIpc) is 3.21. The minimum Gasteiger partial charge on any atom is -0.497 e. The smallest absolute Gasteiger partial charge is 0.280 e. The van der Waals surface area contributed by atoms with Crippen molar-refractivity contribution in [3.05, 3.63) is 75.0 Å². The van der Waals surface area contributed by atoms with Crippen LogP contribution in [0.15, 0.2) is 48.5 Å². The molecular formula is C25H24Cl2FN3O3S. The number of hydrogen-bond donors (Lipinski definition) is 1. The van der Waals surface area contributed by atoms with Crippen LogP contribution in [0.25, 0.3) is 0 Å². The Hall–Kier alpha value is -2.68. The molecule has 1 atom stereocenters. The maximum atomic E-state index is 13.9. The summed E-state index contributed by atoms with van der Waals surface area (Å²) in [7, 11) is 1.54. The molecule has 184 valence electrons. The van der Waals surface area contributed by atoms with Crippen LogP contribution in [0.2, 0.25) is 9.36 Å². The topological polar surface area (TPSA) is 71.5 Å². The number of aromatic nitrogens is 1. The SMILES string of the molecule is COc1ccc(N(C(=O)c2nsc(Cl)c2Cl)C(C(=O)NC2CCCCC2)c2ccc(F)cc2)cc1. The van der Waals surface area contributed by atoms with Gasteiger partial charge in [0.2, 0.25) is 5.91 Å². The summed E-state index contributed by atoms with van der Waals surface area (Å²) in [5.74, 6) is -0.834. The Labute approximate surface area is 217 Å². The summed E-state index contributed by atoms with van der Waals surface area (Å²) in [4.78, 5) is 28.9. The number of amides is 2. The van der Waals surface area contributed by atoms with E-state index in [1.165, 1.54) is 36.3 Å². The Morgan fingerprint density at radius 3 is 2.31 bits per heavy atom. The van der Waals surface area contributed by atoms with Gasteiger partial charge < -0.3 is 10.1 Å². The molecule has 2 aromatic carbocycles. The molecule has 0 bridgehead atoms. The van der Waals surface area contributed by atoms with Crippen molar-refractivity contribution in [2.24, 2.45) is 0 Å². The molecule has 6 nitrogen and oxygen atoms in total. The molecule has 1 heterocycles. The predicted octanol–water partition coefficient (Wildman–Crippen LogP) is 6.43. The highest BCUT2D eigenvalue weighted by atomic mass is 35.5. The molecule has 1 aromatic heterocycles. The van der Waals surface area contributed by atoms with Gasteiger partial charge in [-0.3, -0.25) is 14.5 Å². The van der Waals surface area contributed by atoms with E-state index in [4.69, 9.17) is 27.9 Å². The Morgan fingerprint density at radius 2 is 1.74 bits per heavy atom. The molecule has 2 amide bonds. The Morgan fingerprint density at radius 1 is 1.09 bits per heavy atom. The van der Waals surface area contributed by atoms with E-state index in [0.29, 0.717) is 17.0 Å². The van der Waals surface area contributed by atoms with Crippen LogP contribution >= 0.6 is 34.7 Å². The highest BCUT2D eigenvalue weighted by Crippen LogP contribution is 2.36. The number of methoxy groups -OCH3 is 1. The fourth-order valence-electron chi connectivity index (χ4n) is 4.22. The van der Waals surface area contributed by atoms with Crippen molar-refractivity contribution in [3.8, 4) is 5.75 Å². The number of carbonyl (C=O) groups is 2. The number of hydrogen-bond acceptors (Lipinski definition) is 5. The molecule has 1 unspecified atom stereocenters. The van der Waals surface area contributed by atoms with Gasteiger partial charge in [-0.15, -0.1) is 0 Å². The van der Waals surface area contributed by atoms with E-state index in [-0.39, 0.29) is 27.0 Å². The van der Waals surface area contributed by atoms with Gasteiger partial charge in [0.25, 0.3) is 5.91 Å². The summed E-state index contributed by atoms with van der Waals surface area (Å²) in [5, 5.41) is 3.12. The largest absolute Gasteiger partial charge is 0.497 e. The van der Waals surface area contributed by atoms with Crippen molar-refractivity contribution < 1.29 is 18.7 Å². The lowest BCUT2D eigenvalue weighted by molar-refractivity contribution is -0.123. The fourth-order valence-corrected chi connectivity index (χ4v) is 5.21. The zero-order chi connectivity index (χ0) is 24.9. The molecule has 1 aliphatic rings. The molecule has 0 radical (unpaired) electrons. The van der Waals surface area contributed by atoms with E-state index in [0.717, 1.165) is 43.6 Å². The monoisotopic (exact) mass is 535 g/mol. The average molecular weight is 536 g/mol. The third-order valence-electron chi connectivity index (χ3n) is 6.01. The first kappa shape index (κ1) is 25.4. The molecule has 3 aromatic rings. The summed E-state index contributed by atoms with van der Waals surface area (Å²) in [6, 6.07) is 11.1. The van der Waals surface area contributed by atoms with E-state index < -0.39 is 17.8 Å². The first-order valence-corrected chi connectivity index (χ1v) is 12.8. The van der Waals surface area contributed by atoms with Gasteiger partial charge in [0.1, 0.15) is 27.0 Å².